The van der Waals surface area contributed by atoms with Crippen LogP contribution >= 0.6 is 0 Å². The molecule has 2 aromatic heterocycles. The second-order valence-electron chi connectivity index (χ2n) is 4.43. The summed E-state index contributed by atoms with van der Waals surface area (Å²) in [5.74, 6) is 1.50. The van der Waals surface area contributed by atoms with Gasteiger partial charge in [-0.25, -0.2) is 0 Å². The molecule has 0 amide bonds. The molecule has 2 N–H and O–H groups in total. The SMILES string of the molecule is CCCOc1nc(Oc2cnn(CCC)c2)ccc1N. The summed E-state index contributed by atoms with van der Waals surface area (Å²) in [7, 11) is 0. The van der Waals surface area contributed by atoms with Crippen LogP contribution in [0.3, 0.4) is 0 Å². The Kier molecular flexibility index (Phi) is 4.81. The number of rotatable bonds is 7. The van der Waals surface area contributed by atoms with Crippen LogP contribution in [0, 0.1) is 0 Å². The summed E-state index contributed by atoms with van der Waals surface area (Å²) in [5.41, 5.74) is 6.31. The molecule has 0 aliphatic carbocycles. The van der Waals surface area contributed by atoms with Gasteiger partial charge in [0.1, 0.15) is 0 Å². The number of nitrogens with two attached hydrogens (primary N) is 1. The third-order valence-corrected chi connectivity index (χ3v) is 2.59. The second kappa shape index (κ2) is 6.79. The minimum atomic E-state index is 0.408. The van der Waals surface area contributed by atoms with E-state index in [9.17, 15) is 0 Å². The highest BCUT2D eigenvalue weighted by molar-refractivity contribution is 5.49. The number of pyridine rings is 1. The van der Waals surface area contributed by atoms with E-state index in [0.29, 0.717) is 29.8 Å². The van der Waals surface area contributed by atoms with Crippen LogP contribution in [-0.4, -0.2) is 21.4 Å². The maximum atomic E-state index is 5.81. The minimum Gasteiger partial charge on any atom is -0.476 e. The van der Waals surface area contributed by atoms with E-state index < -0.39 is 0 Å². The Labute approximate surface area is 118 Å². The summed E-state index contributed by atoms with van der Waals surface area (Å²) in [6.45, 7) is 5.57. The molecule has 2 aromatic rings. The molecule has 0 radical (unpaired) electrons. The first kappa shape index (κ1) is 14.2. The number of anilines is 1. The highest BCUT2D eigenvalue weighted by Crippen LogP contribution is 2.25. The molecule has 6 heteroatoms. The van der Waals surface area contributed by atoms with Crippen molar-refractivity contribution in [3.8, 4) is 17.5 Å². The summed E-state index contributed by atoms with van der Waals surface area (Å²) in [4.78, 5) is 4.25. The molecule has 108 valence electrons. The van der Waals surface area contributed by atoms with Crippen molar-refractivity contribution >= 4 is 5.69 Å². The third-order valence-electron chi connectivity index (χ3n) is 2.59. The number of aromatic nitrogens is 3. The largest absolute Gasteiger partial charge is 0.476 e. The van der Waals surface area contributed by atoms with Crippen molar-refractivity contribution < 1.29 is 9.47 Å². The first-order valence-electron chi connectivity index (χ1n) is 6.82. The molecular weight excluding hydrogens is 256 g/mol. The zero-order valence-electron chi connectivity index (χ0n) is 11.9. The maximum Gasteiger partial charge on any atom is 0.240 e. The lowest BCUT2D eigenvalue weighted by atomic mass is 10.4. The highest BCUT2D eigenvalue weighted by Gasteiger charge is 2.07. The molecule has 0 fully saturated rings. The Bertz CT molecular complexity index is 554. The average Bonchev–Trinajstić information content (AvgIpc) is 2.87. The Morgan fingerprint density at radius 2 is 2.10 bits per heavy atom. The smallest absolute Gasteiger partial charge is 0.240 e. The molecule has 0 aliphatic rings. The summed E-state index contributed by atoms with van der Waals surface area (Å²) in [6.07, 6.45) is 5.43. The van der Waals surface area contributed by atoms with Crippen LogP contribution in [0.25, 0.3) is 0 Å². The quantitative estimate of drug-likeness (QED) is 0.841. The first-order chi connectivity index (χ1) is 9.72. The molecule has 0 spiro atoms. The maximum absolute atomic E-state index is 5.81. The van der Waals surface area contributed by atoms with Gasteiger partial charge in [-0.3, -0.25) is 4.68 Å². The van der Waals surface area contributed by atoms with Crippen LogP contribution in [0.5, 0.6) is 17.5 Å². The van der Waals surface area contributed by atoms with Gasteiger partial charge >= 0.3 is 0 Å². The monoisotopic (exact) mass is 276 g/mol. The van der Waals surface area contributed by atoms with Crippen LogP contribution in [0.2, 0.25) is 0 Å². The number of ether oxygens (including phenoxy) is 2. The van der Waals surface area contributed by atoms with E-state index >= 15 is 0 Å². The molecule has 0 unspecified atom stereocenters. The van der Waals surface area contributed by atoms with Gasteiger partial charge in [0.2, 0.25) is 11.8 Å². The topological polar surface area (TPSA) is 75.2 Å². The van der Waals surface area contributed by atoms with Crippen molar-refractivity contribution in [3.63, 3.8) is 0 Å². The van der Waals surface area contributed by atoms with Gasteiger partial charge in [-0.2, -0.15) is 10.1 Å². The molecule has 0 aliphatic heterocycles. The van der Waals surface area contributed by atoms with Gasteiger partial charge in [0.25, 0.3) is 0 Å². The lowest BCUT2D eigenvalue weighted by Crippen LogP contribution is -2.02. The summed E-state index contributed by atoms with van der Waals surface area (Å²) in [6, 6.07) is 3.44. The Balaban J connectivity index is 2.07. The van der Waals surface area contributed by atoms with Gasteiger partial charge in [0.15, 0.2) is 5.75 Å². The van der Waals surface area contributed by atoms with Crippen LogP contribution < -0.4 is 15.2 Å². The summed E-state index contributed by atoms with van der Waals surface area (Å²) >= 11 is 0. The average molecular weight is 276 g/mol. The number of aryl methyl sites for hydroxylation is 1. The zero-order valence-corrected chi connectivity index (χ0v) is 11.9. The van der Waals surface area contributed by atoms with Crippen LogP contribution in [0.15, 0.2) is 24.5 Å². The van der Waals surface area contributed by atoms with Crippen molar-refractivity contribution in [2.75, 3.05) is 12.3 Å². The van der Waals surface area contributed by atoms with E-state index in [-0.39, 0.29) is 0 Å². The van der Waals surface area contributed by atoms with Gasteiger partial charge < -0.3 is 15.2 Å². The molecule has 2 heterocycles. The number of nitrogen functional groups attached to an aromatic ring is 1. The Morgan fingerprint density at radius 3 is 2.85 bits per heavy atom. The van der Waals surface area contributed by atoms with Crippen LogP contribution in [0.1, 0.15) is 26.7 Å². The van der Waals surface area contributed by atoms with E-state index in [1.54, 1.807) is 18.3 Å². The number of hydrogen-bond donors (Lipinski definition) is 1. The normalized spacial score (nSPS) is 10.5. The van der Waals surface area contributed by atoms with Gasteiger partial charge in [0, 0.05) is 12.6 Å². The fourth-order valence-corrected chi connectivity index (χ4v) is 1.67. The van der Waals surface area contributed by atoms with E-state index in [1.807, 2.05) is 17.8 Å². The fourth-order valence-electron chi connectivity index (χ4n) is 1.67. The zero-order chi connectivity index (χ0) is 14.4. The molecule has 0 aromatic carbocycles. The molecule has 0 saturated heterocycles. The van der Waals surface area contributed by atoms with E-state index in [0.717, 1.165) is 19.4 Å². The van der Waals surface area contributed by atoms with E-state index in [1.165, 1.54) is 0 Å². The lowest BCUT2D eigenvalue weighted by molar-refractivity contribution is 0.302. The lowest BCUT2D eigenvalue weighted by Gasteiger charge is -2.08. The highest BCUT2D eigenvalue weighted by atomic mass is 16.5. The van der Waals surface area contributed by atoms with Crippen molar-refractivity contribution in [1.29, 1.82) is 0 Å². The van der Waals surface area contributed by atoms with Crippen molar-refractivity contribution in [2.24, 2.45) is 0 Å². The van der Waals surface area contributed by atoms with E-state index in [2.05, 4.69) is 17.0 Å². The number of hydrogen-bond acceptors (Lipinski definition) is 5. The summed E-state index contributed by atoms with van der Waals surface area (Å²) in [5, 5.41) is 4.20. The van der Waals surface area contributed by atoms with E-state index in [4.69, 9.17) is 15.2 Å². The molecule has 6 nitrogen and oxygen atoms in total. The molecular formula is C14H20N4O2. The fraction of sp³-hybridized carbons (Fsp3) is 0.429. The Hall–Kier alpha value is -2.24. The van der Waals surface area contributed by atoms with Gasteiger partial charge in [-0.1, -0.05) is 13.8 Å². The van der Waals surface area contributed by atoms with Crippen LogP contribution in [-0.2, 0) is 6.54 Å². The molecule has 2 rings (SSSR count). The predicted molar refractivity (Wildman–Crippen MR) is 77.0 cm³/mol. The first-order valence-corrected chi connectivity index (χ1v) is 6.82. The van der Waals surface area contributed by atoms with Crippen molar-refractivity contribution in [3.05, 3.63) is 24.5 Å². The van der Waals surface area contributed by atoms with Crippen LogP contribution in [0.4, 0.5) is 5.69 Å². The third kappa shape index (κ3) is 3.63. The standard InChI is InChI=1S/C14H20N4O2/c1-3-7-18-10-11(9-16-18)20-13-6-5-12(15)14(17-13)19-8-4-2/h5-6,9-10H,3-4,7-8,15H2,1-2H3. The van der Waals surface area contributed by atoms with Gasteiger partial charge in [-0.05, 0) is 18.9 Å². The predicted octanol–water partition coefficient (Wildman–Crippen LogP) is 2.85. The summed E-state index contributed by atoms with van der Waals surface area (Å²) < 4.78 is 13.0. The van der Waals surface area contributed by atoms with Gasteiger partial charge in [0.05, 0.1) is 24.7 Å². The molecule has 0 bridgehead atoms. The number of nitrogens with zero attached hydrogens (tertiary/aromatic N) is 3. The minimum absolute atomic E-state index is 0.408. The molecule has 0 saturated carbocycles. The Morgan fingerprint density at radius 1 is 1.25 bits per heavy atom. The van der Waals surface area contributed by atoms with Crippen molar-refractivity contribution in [1.82, 2.24) is 14.8 Å². The van der Waals surface area contributed by atoms with Gasteiger partial charge in [-0.15, -0.1) is 0 Å². The molecule has 0 atom stereocenters. The van der Waals surface area contributed by atoms with Crippen molar-refractivity contribution in [2.45, 2.75) is 33.2 Å². The molecule has 20 heavy (non-hydrogen) atoms. The second-order valence-corrected chi connectivity index (χ2v) is 4.43.